The number of aliphatic hydroxyl groups is 1. The number of hydrogen-bond donors (Lipinski definition) is 2. The minimum absolute atomic E-state index is 0.168. The summed E-state index contributed by atoms with van der Waals surface area (Å²) < 4.78 is 0. The van der Waals surface area contributed by atoms with Crippen molar-refractivity contribution in [1.29, 1.82) is 0 Å². The molecule has 5 nitrogen and oxygen atoms in total. The highest BCUT2D eigenvalue weighted by atomic mass is 16.3. The summed E-state index contributed by atoms with van der Waals surface area (Å²) in [5, 5.41) is 12.5. The molecular formula is C14H24N4O. The highest BCUT2D eigenvalue weighted by Crippen LogP contribution is 2.32. The lowest BCUT2D eigenvalue weighted by Gasteiger charge is -2.39. The van der Waals surface area contributed by atoms with Gasteiger partial charge >= 0.3 is 0 Å². The van der Waals surface area contributed by atoms with Crippen molar-refractivity contribution in [3.8, 4) is 0 Å². The lowest BCUT2D eigenvalue weighted by atomic mass is 9.91. The Labute approximate surface area is 115 Å². The van der Waals surface area contributed by atoms with Gasteiger partial charge in [-0.2, -0.15) is 0 Å². The van der Waals surface area contributed by atoms with Crippen LogP contribution in [0.25, 0.3) is 0 Å². The van der Waals surface area contributed by atoms with Gasteiger partial charge in [0.15, 0.2) is 0 Å². The minimum Gasteiger partial charge on any atom is -0.395 e. The molecule has 1 heterocycles. The van der Waals surface area contributed by atoms with Gasteiger partial charge in [0.25, 0.3) is 0 Å². The second-order valence-electron chi connectivity index (χ2n) is 5.03. The molecule has 0 amide bonds. The lowest BCUT2D eigenvalue weighted by molar-refractivity contribution is 0.282. The van der Waals surface area contributed by atoms with Gasteiger partial charge in [-0.25, -0.2) is 9.97 Å². The van der Waals surface area contributed by atoms with Crippen molar-refractivity contribution in [1.82, 2.24) is 9.97 Å². The number of aliphatic hydroxyl groups excluding tert-OH is 1. The molecule has 1 saturated carbocycles. The van der Waals surface area contributed by atoms with Gasteiger partial charge in [0.1, 0.15) is 18.0 Å². The molecule has 1 aliphatic carbocycles. The van der Waals surface area contributed by atoms with Gasteiger partial charge in [-0.3, -0.25) is 0 Å². The Morgan fingerprint density at radius 2 is 2.21 bits per heavy atom. The van der Waals surface area contributed by atoms with Gasteiger partial charge in [0.2, 0.25) is 0 Å². The largest absolute Gasteiger partial charge is 0.395 e. The molecule has 0 atom stereocenters. The fourth-order valence-corrected chi connectivity index (χ4v) is 2.61. The maximum atomic E-state index is 9.31. The summed E-state index contributed by atoms with van der Waals surface area (Å²) in [4.78, 5) is 11.1. The number of hydrogen-bond acceptors (Lipinski definition) is 5. The zero-order chi connectivity index (χ0) is 13.7. The minimum atomic E-state index is 0.168. The van der Waals surface area contributed by atoms with Crippen LogP contribution in [0.15, 0.2) is 6.33 Å². The number of nitrogens with zero attached hydrogens (tertiary/aromatic N) is 3. The van der Waals surface area contributed by atoms with Crippen LogP contribution in [0, 0.1) is 0 Å². The monoisotopic (exact) mass is 264 g/mol. The molecule has 19 heavy (non-hydrogen) atoms. The molecule has 0 unspecified atom stereocenters. The van der Waals surface area contributed by atoms with Crippen LogP contribution in [0.2, 0.25) is 0 Å². The summed E-state index contributed by atoms with van der Waals surface area (Å²) in [7, 11) is 1.89. The van der Waals surface area contributed by atoms with Crippen molar-refractivity contribution >= 4 is 11.6 Å². The Kier molecular flexibility index (Phi) is 4.96. The number of anilines is 2. The van der Waals surface area contributed by atoms with Crippen molar-refractivity contribution in [2.45, 2.75) is 45.1 Å². The van der Waals surface area contributed by atoms with Crippen molar-refractivity contribution in [3.05, 3.63) is 11.9 Å². The first-order chi connectivity index (χ1) is 9.31. The van der Waals surface area contributed by atoms with E-state index < -0.39 is 0 Å². The Morgan fingerprint density at radius 3 is 2.74 bits per heavy atom. The summed E-state index contributed by atoms with van der Waals surface area (Å²) in [6, 6.07) is 0.530. The van der Waals surface area contributed by atoms with E-state index in [1.165, 1.54) is 24.8 Å². The zero-order valence-corrected chi connectivity index (χ0v) is 11.9. The average Bonchev–Trinajstić information content (AvgIpc) is 2.37. The summed E-state index contributed by atoms with van der Waals surface area (Å²) in [5.74, 6) is 1.91. The predicted molar refractivity (Wildman–Crippen MR) is 77.6 cm³/mol. The fourth-order valence-electron chi connectivity index (χ4n) is 2.61. The Bertz CT molecular complexity index is 406. The third kappa shape index (κ3) is 2.97. The van der Waals surface area contributed by atoms with Crippen LogP contribution in [-0.4, -0.2) is 41.3 Å². The quantitative estimate of drug-likeness (QED) is 0.786. The second kappa shape index (κ2) is 6.70. The van der Waals surface area contributed by atoms with Gasteiger partial charge in [0.05, 0.1) is 6.61 Å². The van der Waals surface area contributed by atoms with Crippen LogP contribution in [0.4, 0.5) is 11.6 Å². The first-order valence-electron chi connectivity index (χ1n) is 7.21. The molecule has 2 N–H and O–H groups in total. The van der Waals surface area contributed by atoms with E-state index in [-0.39, 0.29) is 6.61 Å². The van der Waals surface area contributed by atoms with Crippen LogP contribution in [0.5, 0.6) is 0 Å². The van der Waals surface area contributed by atoms with Crippen molar-refractivity contribution < 1.29 is 5.11 Å². The standard InChI is InChI=1S/C14H24N4O/c1-3-5-12-13(15-2)16-10-17-14(12)18(8-9-19)11-6-4-7-11/h10-11,19H,3-9H2,1-2H3,(H,15,16,17). The molecule has 1 aromatic heterocycles. The summed E-state index contributed by atoms with van der Waals surface area (Å²) in [6.45, 7) is 2.98. The summed E-state index contributed by atoms with van der Waals surface area (Å²) >= 11 is 0. The van der Waals surface area contributed by atoms with Crippen molar-refractivity contribution in [3.63, 3.8) is 0 Å². The number of nitrogens with one attached hydrogen (secondary N) is 1. The van der Waals surface area contributed by atoms with Crippen LogP contribution in [-0.2, 0) is 6.42 Å². The SMILES string of the molecule is CCCc1c(NC)ncnc1N(CCO)C1CCC1. The molecule has 1 aromatic rings. The summed E-state index contributed by atoms with van der Waals surface area (Å²) in [6.07, 6.45) is 7.31. The van der Waals surface area contributed by atoms with E-state index in [4.69, 9.17) is 0 Å². The lowest BCUT2D eigenvalue weighted by Crippen LogP contribution is -2.43. The third-order valence-corrected chi connectivity index (χ3v) is 3.79. The zero-order valence-electron chi connectivity index (χ0n) is 11.9. The van der Waals surface area contributed by atoms with Crippen molar-refractivity contribution in [2.75, 3.05) is 30.4 Å². The molecule has 1 fully saturated rings. The predicted octanol–water partition coefficient (Wildman–Crippen LogP) is 1.82. The van der Waals surface area contributed by atoms with E-state index in [1.54, 1.807) is 6.33 Å². The molecule has 0 saturated heterocycles. The normalized spacial score (nSPS) is 15.1. The molecule has 2 rings (SSSR count). The molecule has 5 heteroatoms. The molecule has 106 valence electrons. The highest BCUT2D eigenvalue weighted by molar-refractivity contribution is 5.59. The number of rotatable bonds is 7. The molecule has 0 radical (unpaired) electrons. The van der Waals surface area contributed by atoms with E-state index in [2.05, 4.69) is 27.1 Å². The highest BCUT2D eigenvalue weighted by Gasteiger charge is 2.27. The van der Waals surface area contributed by atoms with Crippen LogP contribution in [0.1, 0.15) is 38.2 Å². The number of aromatic nitrogens is 2. The van der Waals surface area contributed by atoms with Gasteiger partial charge in [-0.1, -0.05) is 13.3 Å². The van der Waals surface area contributed by atoms with Crippen molar-refractivity contribution in [2.24, 2.45) is 0 Å². The van der Waals surface area contributed by atoms with E-state index >= 15 is 0 Å². The Hall–Kier alpha value is -1.36. The maximum Gasteiger partial charge on any atom is 0.137 e. The van der Waals surface area contributed by atoms with Gasteiger partial charge < -0.3 is 15.3 Å². The first-order valence-corrected chi connectivity index (χ1v) is 7.21. The van der Waals surface area contributed by atoms with Crippen LogP contribution < -0.4 is 10.2 Å². The van der Waals surface area contributed by atoms with E-state index in [1.807, 2.05) is 7.05 Å². The smallest absolute Gasteiger partial charge is 0.137 e. The Balaban J connectivity index is 2.33. The van der Waals surface area contributed by atoms with E-state index in [9.17, 15) is 5.11 Å². The first kappa shape index (κ1) is 14.1. The van der Waals surface area contributed by atoms with Gasteiger partial charge in [-0.05, 0) is 25.7 Å². The second-order valence-corrected chi connectivity index (χ2v) is 5.03. The van der Waals surface area contributed by atoms with E-state index in [0.717, 1.165) is 24.5 Å². The summed E-state index contributed by atoms with van der Waals surface area (Å²) in [5.41, 5.74) is 1.17. The fraction of sp³-hybridized carbons (Fsp3) is 0.714. The molecule has 0 bridgehead atoms. The Morgan fingerprint density at radius 1 is 1.42 bits per heavy atom. The molecular weight excluding hydrogens is 240 g/mol. The van der Waals surface area contributed by atoms with Gasteiger partial charge in [-0.15, -0.1) is 0 Å². The van der Waals surface area contributed by atoms with E-state index in [0.29, 0.717) is 12.6 Å². The topological polar surface area (TPSA) is 61.3 Å². The van der Waals surface area contributed by atoms with Crippen LogP contribution >= 0.6 is 0 Å². The molecule has 0 spiro atoms. The molecule has 1 aliphatic rings. The maximum absolute atomic E-state index is 9.31. The molecule has 0 aliphatic heterocycles. The molecule has 0 aromatic carbocycles. The third-order valence-electron chi connectivity index (χ3n) is 3.79. The van der Waals surface area contributed by atoms with Gasteiger partial charge in [0, 0.05) is 25.2 Å². The van der Waals surface area contributed by atoms with Crippen LogP contribution in [0.3, 0.4) is 0 Å². The average molecular weight is 264 g/mol.